The molecule has 0 aliphatic rings. The van der Waals surface area contributed by atoms with Crippen LogP contribution in [-0.4, -0.2) is 22.6 Å². The second-order valence-electron chi connectivity index (χ2n) is 7.71. The van der Waals surface area contributed by atoms with Crippen molar-refractivity contribution in [2.45, 2.75) is 6.92 Å². The SMILES string of the molecule is CC(COc1ccccc1)COc1ccccc1C=c1sc2nc3ccccc3n2c1=O. The van der Waals surface area contributed by atoms with Crippen molar-refractivity contribution in [1.29, 1.82) is 0 Å². The van der Waals surface area contributed by atoms with E-state index in [0.717, 1.165) is 28.1 Å². The number of aromatic nitrogens is 2. The van der Waals surface area contributed by atoms with E-state index >= 15 is 0 Å². The fourth-order valence-electron chi connectivity index (χ4n) is 3.52. The first kappa shape index (κ1) is 20.3. The average molecular weight is 443 g/mol. The summed E-state index contributed by atoms with van der Waals surface area (Å²) in [5.74, 6) is 1.80. The van der Waals surface area contributed by atoms with Gasteiger partial charge in [0.25, 0.3) is 5.56 Å². The molecule has 0 aliphatic carbocycles. The van der Waals surface area contributed by atoms with Crippen molar-refractivity contribution in [2.24, 2.45) is 5.92 Å². The number of nitrogens with zero attached hydrogens (tertiary/aromatic N) is 2. The minimum atomic E-state index is -0.0573. The molecule has 160 valence electrons. The number of rotatable bonds is 7. The number of hydrogen-bond donors (Lipinski definition) is 0. The number of para-hydroxylation sites is 4. The summed E-state index contributed by atoms with van der Waals surface area (Å²) in [5, 5.41) is 0. The van der Waals surface area contributed by atoms with Gasteiger partial charge in [-0.05, 0) is 36.4 Å². The third-order valence-electron chi connectivity index (χ3n) is 5.15. The number of hydrogen-bond acceptors (Lipinski definition) is 5. The molecule has 0 saturated heterocycles. The lowest BCUT2D eigenvalue weighted by molar-refractivity contribution is 0.188. The van der Waals surface area contributed by atoms with Crippen LogP contribution in [-0.2, 0) is 0 Å². The molecule has 2 aromatic heterocycles. The van der Waals surface area contributed by atoms with Gasteiger partial charge in [0, 0.05) is 11.5 Å². The standard InChI is InChI=1S/C26H22N2O3S/c1-18(16-30-20-10-3-2-4-11-20)17-31-23-14-8-5-9-19(23)15-24-25(29)28-22-13-7-6-12-21(22)27-26(28)32-24/h2-15,18H,16-17H2,1H3. The normalized spacial score (nSPS) is 13.0. The van der Waals surface area contributed by atoms with Crippen LogP contribution in [0.15, 0.2) is 83.7 Å². The van der Waals surface area contributed by atoms with Crippen molar-refractivity contribution in [3.05, 3.63) is 99.3 Å². The Morgan fingerprint density at radius 1 is 0.938 bits per heavy atom. The Kier molecular flexibility index (Phi) is 5.60. The number of fused-ring (bicyclic) bond motifs is 3. The highest BCUT2D eigenvalue weighted by molar-refractivity contribution is 7.15. The molecule has 0 N–H and O–H groups in total. The Morgan fingerprint density at radius 2 is 1.66 bits per heavy atom. The van der Waals surface area contributed by atoms with Gasteiger partial charge in [0.2, 0.25) is 0 Å². The molecule has 1 atom stereocenters. The summed E-state index contributed by atoms with van der Waals surface area (Å²) in [7, 11) is 0. The van der Waals surface area contributed by atoms with Gasteiger partial charge in [-0.1, -0.05) is 66.8 Å². The molecule has 0 amide bonds. The lowest BCUT2D eigenvalue weighted by Crippen LogP contribution is -2.22. The number of imidazole rings is 1. The molecule has 0 spiro atoms. The quantitative estimate of drug-likeness (QED) is 0.371. The van der Waals surface area contributed by atoms with E-state index in [2.05, 4.69) is 11.9 Å². The van der Waals surface area contributed by atoms with E-state index in [4.69, 9.17) is 9.47 Å². The Labute approximate surface area is 189 Å². The van der Waals surface area contributed by atoms with Crippen molar-refractivity contribution in [3.63, 3.8) is 0 Å². The van der Waals surface area contributed by atoms with Crippen LogP contribution in [0.3, 0.4) is 0 Å². The maximum absolute atomic E-state index is 13.0. The van der Waals surface area contributed by atoms with Gasteiger partial charge < -0.3 is 9.47 Å². The van der Waals surface area contributed by atoms with E-state index in [0.29, 0.717) is 22.7 Å². The first-order chi connectivity index (χ1) is 15.7. The van der Waals surface area contributed by atoms with Crippen molar-refractivity contribution < 1.29 is 9.47 Å². The highest BCUT2D eigenvalue weighted by Gasteiger charge is 2.12. The molecule has 5 nitrogen and oxygen atoms in total. The highest BCUT2D eigenvalue weighted by Crippen LogP contribution is 2.21. The monoisotopic (exact) mass is 442 g/mol. The zero-order chi connectivity index (χ0) is 21.9. The molecule has 5 aromatic rings. The van der Waals surface area contributed by atoms with E-state index in [-0.39, 0.29) is 11.5 Å². The second-order valence-corrected chi connectivity index (χ2v) is 8.72. The summed E-state index contributed by atoms with van der Waals surface area (Å²) in [6.07, 6.45) is 1.89. The maximum Gasteiger partial charge on any atom is 0.274 e. The molecule has 5 rings (SSSR count). The number of ether oxygens (including phenoxy) is 2. The van der Waals surface area contributed by atoms with Crippen LogP contribution in [0.1, 0.15) is 12.5 Å². The van der Waals surface area contributed by atoms with Gasteiger partial charge in [-0.15, -0.1) is 0 Å². The van der Waals surface area contributed by atoms with Crippen LogP contribution in [0.5, 0.6) is 11.5 Å². The van der Waals surface area contributed by atoms with E-state index in [1.54, 1.807) is 4.40 Å². The van der Waals surface area contributed by atoms with Gasteiger partial charge in [0.1, 0.15) is 11.5 Å². The molecule has 0 radical (unpaired) electrons. The Hall–Kier alpha value is -3.64. The minimum absolute atomic E-state index is 0.0573. The summed E-state index contributed by atoms with van der Waals surface area (Å²) in [6.45, 7) is 3.17. The first-order valence-corrected chi connectivity index (χ1v) is 11.3. The zero-order valence-electron chi connectivity index (χ0n) is 17.6. The lowest BCUT2D eigenvalue weighted by atomic mass is 10.2. The lowest BCUT2D eigenvalue weighted by Gasteiger charge is -2.15. The summed E-state index contributed by atoms with van der Waals surface area (Å²) in [5.41, 5.74) is 2.48. The van der Waals surface area contributed by atoms with Crippen molar-refractivity contribution in [3.8, 4) is 11.5 Å². The van der Waals surface area contributed by atoms with Crippen LogP contribution in [0.2, 0.25) is 0 Å². The Morgan fingerprint density at radius 3 is 2.53 bits per heavy atom. The zero-order valence-corrected chi connectivity index (χ0v) is 18.4. The van der Waals surface area contributed by atoms with E-state index in [9.17, 15) is 4.79 Å². The number of thiazole rings is 1. The van der Waals surface area contributed by atoms with E-state index in [1.165, 1.54) is 11.3 Å². The predicted octanol–water partition coefficient (Wildman–Crippen LogP) is 4.55. The summed E-state index contributed by atoms with van der Waals surface area (Å²) in [4.78, 5) is 18.3. The molecule has 32 heavy (non-hydrogen) atoms. The van der Waals surface area contributed by atoms with Crippen LogP contribution in [0, 0.1) is 5.92 Å². The van der Waals surface area contributed by atoms with Gasteiger partial charge >= 0.3 is 0 Å². The van der Waals surface area contributed by atoms with E-state index in [1.807, 2.05) is 84.9 Å². The molecular formula is C26H22N2O3S. The van der Waals surface area contributed by atoms with Crippen molar-refractivity contribution >= 4 is 33.4 Å². The predicted molar refractivity (Wildman–Crippen MR) is 129 cm³/mol. The van der Waals surface area contributed by atoms with E-state index < -0.39 is 0 Å². The second kappa shape index (κ2) is 8.85. The summed E-state index contributed by atoms with van der Waals surface area (Å²) < 4.78 is 14.2. The van der Waals surface area contributed by atoms with Crippen LogP contribution in [0.25, 0.3) is 22.1 Å². The minimum Gasteiger partial charge on any atom is -0.493 e. The molecule has 0 bridgehead atoms. The fourth-order valence-corrected chi connectivity index (χ4v) is 4.50. The molecule has 1 unspecified atom stereocenters. The number of benzene rings is 3. The average Bonchev–Trinajstić information content (AvgIpc) is 3.34. The third kappa shape index (κ3) is 4.09. The molecule has 2 heterocycles. The van der Waals surface area contributed by atoms with Crippen LogP contribution < -0.4 is 19.6 Å². The van der Waals surface area contributed by atoms with Crippen LogP contribution in [0.4, 0.5) is 0 Å². The first-order valence-electron chi connectivity index (χ1n) is 10.5. The third-order valence-corrected chi connectivity index (χ3v) is 6.12. The van der Waals surface area contributed by atoms with Gasteiger partial charge in [0.05, 0.1) is 28.8 Å². The van der Waals surface area contributed by atoms with Gasteiger partial charge in [-0.25, -0.2) is 9.38 Å². The largest absolute Gasteiger partial charge is 0.493 e. The van der Waals surface area contributed by atoms with Gasteiger partial charge in [0.15, 0.2) is 4.96 Å². The molecular weight excluding hydrogens is 420 g/mol. The van der Waals surface area contributed by atoms with Crippen molar-refractivity contribution in [2.75, 3.05) is 13.2 Å². The van der Waals surface area contributed by atoms with Crippen LogP contribution >= 0.6 is 11.3 Å². The van der Waals surface area contributed by atoms with Gasteiger partial charge in [-0.2, -0.15) is 0 Å². The van der Waals surface area contributed by atoms with Crippen molar-refractivity contribution in [1.82, 2.24) is 9.38 Å². The summed E-state index contributed by atoms with van der Waals surface area (Å²) >= 11 is 1.39. The fraction of sp³-hybridized carbons (Fsp3) is 0.154. The highest BCUT2D eigenvalue weighted by atomic mass is 32.1. The molecule has 0 saturated carbocycles. The maximum atomic E-state index is 13.0. The molecule has 3 aromatic carbocycles. The molecule has 6 heteroatoms. The topological polar surface area (TPSA) is 52.8 Å². The Balaban J connectivity index is 1.36. The summed E-state index contributed by atoms with van der Waals surface area (Å²) in [6, 6.07) is 25.2. The smallest absolute Gasteiger partial charge is 0.274 e. The Bertz CT molecular complexity index is 1470. The van der Waals surface area contributed by atoms with Gasteiger partial charge in [-0.3, -0.25) is 4.79 Å². The molecule has 0 fully saturated rings. The molecule has 0 aliphatic heterocycles.